The minimum absolute atomic E-state index is 0.750. The van der Waals surface area contributed by atoms with E-state index in [0.717, 1.165) is 23.9 Å². The summed E-state index contributed by atoms with van der Waals surface area (Å²) in [4.78, 5) is 8.60. The van der Waals surface area contributed by atoms with Gasteiger partial charge in [-0.1, -0.05) is 17.7 Å². The van der Waals surface area contributed by atoms with Crippen LogP contribution in [0, 0.1) is 13.8 Å². The van der Waals surface area contributed by atoms with Gasteiger partial charge in [-0.15, -0.1) is 0 Å². The molecule has 2 aromatic rings. The van der Waals surface area contributed by atoms with Gasteiger partial charge in [-0.2, -0.15) is 0 Å². The SMILES string of the molecule is CCNc1cncc(Nc2ccc(C)cc2C)n1. The zero-order valence-corrected chi connectivity index (χ0v) is 11.0. The quantitative estimate of drug-likeness (QED) is 0.864. The Labute approximate surface area is 107 Å². The highest BCUT2D eigenvalue weighted by molar-refractivity contribution is 5.61. The van der Waals surface area contributed by atoms with Gasteiger partial charge in [0.25, 0.3) is 0 Å². The van der Waals surface area contributed by atoms with E-state index in [9.17, 15) is 0 Å². The molecule has 0 aliphatic rings. The van der Waals surface area contributed by atoms with Crippen LogP contribution in [-0.4, -0.2) is 16.5 Å². The van der Waals surface area contributed by atoms with E-state index >= 15 is 0 Å². The van der Waals surface area contributed by atoms with Gasteiger partial charge in [-0.3, -0.25) is 4.98 Å². The molecule has 4 heteroatoms. The molecule has 0 spiro atoms. The highest BCUT2D eigenvalue weighted by Gasteiger charge is 2.01. The maximum absolute atomic E-state index is 4.44. The summed E-state index contributed by atoms with van der Waals surface area (Å²) in [5.74, 6) is 1.53. The van der Waals surface area contributed by atoms with E-state index in [1.807, 2.05) is 6.92 Å². The number of nitrogens with one attached hydrogen (secondary N) is 2. The molecule has 0 aliphatic heterocycles. The molecule has 0 aliphatic carbocycles. The zero-order chi connectivity index (χ0) is 13.0. The Morgan fingerprint density at radius 1 is 1.11 bits per heavy atom. The van der Waals surface area contributed by atoms with Crippen LogP contribution in [0.3, 0.4) is 0 Å². The topological polar surface area (TPSA) is 49.8 Å². The average molecular weight is 242 g/mol. The van der Waals surface area contributed by atoms with Crippen LogP contribution in [0.5, 0.6) is 0 Å². The van der Waals surface area contributed by atoms with Gasteiger partial charge < -0.3 is 10.6 Å². The maximum Gasteiger partial charge on any atom is 0.151 e. The van der Waals surface area contributed by atoms with Gasteiger partial charge in [0.1, 0.15) is 5.82 Å². The lowest BCUT2D eigenvalue weighted by molar-refractivity contribution is 1.12. The van der Waals surface area contributed by atoms with Crippen molar-refractivity contribution in [3.05, 3.63) is 41.7 Å². The van der Waals surface area contributed by atoms with E-state index in [-0.39, 0.29) is 0 Å². The van der Waals surface area contributed by atoms with E-state index in [4.69, 9.17) is 0 Å². The minimum atomic E-state index is 0.750. The smallest absolute Gasteiger partial charge is 0.151 e. The van der Waals surface area contributed by atoms with Crippen LogP contribution in [-0.2, 0) is 0 Å². The van der Waals surface area contributed by atoms with Crippen molar-refractivity contribution in [1.82, 2.24) is 9.97 Å². The molecule has 0 amide bonds. The molecule has 18 heavy (non-hydrogen) atoms. The first-order valence-corrected chi connectivity index (χ1v) is 6.09. The van der Waals surface area contributed by atoms with E-state index < -0.39 is 0 Å². The first-order valence-electron chi connectivity index (χ1n) is 6.09. The maximum atomic E-state index is 4.44. The van der Waals surface area contributed by atoms with Crippen molar-refractivity contribution in [2.75, 3.05) is 17.2 Å². The van der Waals surface area contributed by atoms with Crippen molar-refractivity contribution in [1.29, 1.82) is 0 Å². The number of anilines is 3. The number of nitrogens with zero attached hydrogens (tertiary/aromatic N) is 2. The fraction of sp³-hybridized carbons (Fsp3) is 0.286. The molecule has 0 saturated heterocycles. The average Bonchev–Trinajstić information content (AvgIpc) is 2.34. The van der Waals surface area contributed by atoms with E-state index in [1.54, 1.807) is 12.4 Å². The Kier molecular flexibility index (Phi) is 3.77. The summed E-state index contributed by atoms with van der Waals surface area (Å²) in [6.45, 7) is 7.03. The van der Waals surface area contributed by atoms with E-state index in [2.05, 4.69) is 52.6 Å². The van der Waals surface area contributed by atoms with E-state index in [0.29, 0.717) is 0 Å². The third kappa shape index (κ3) is 2.97. The van der Waals surface area contributed by atoms with Crippen molar-refractivity contribution >= 4 is 17.3 Å². The van der Waals surface area contributed by atoms with Gasteiger partial charge in [0.15, 0.2) is 5.82 Å². The largest absolute Gasteiger partial charge is 0.369 e. The summed E-state index contributed by atoms with van der Waals surface area (Å²) in [5, 5.41) is 6.43. The Morgan fingerprint density at radius 2 is 1.89 bits per heavy atom. The highest BCUT2D eigenvalue weighted by Crippen LogP contribution is 2.20. The van der Waals surface area contributed by atoms with Crippen molar-refractivity contribution in [2.45, 2.75) is 20.8 Å². The first-order chi connectivity index (χ1) is 8.69. The van der Waals surface area contributed by atoms with Gasteiger partial charge in [-0.05, 0) is 32.4 Å². The molecule has 2 N–H and O–H groups in total. The van der Waals surface area contributed by atoms with Crippen LogP contribution in [0.15, 0.2) is 30.6 Å². The number of hydrogen-bond donors (Lipinski definition) is 2. The Balaban J connectivity index is 2.20. The Morgan fingerprint density at radius 3 is 2.61 bits per heavy atom. The second kappa shape index (κ2) is 5.49. The third-order valence-corrected chi connectivity index (χ3v) is 2.64. The van der Waals surface area contributed by atoms with Gasteiger partial charge >= 0.3 is 0 Å². The molecular weight excluding hydrogens is 224 g/mol. The van der Waals surface area contributed by atoms with Crippen LogP contribution in [0.4, 0.5) is 17.3 Å². The highest BCUT2D eigenvalue weighted by atomic mass is 15.1. The number of hydrogen-bond acceptors (Lipinski definition) is 4. The van der Waals surface area contributed by atoms with Crippen LogP contribution in [0.1, 0.15) is 18.1 Å². The molecule has 0 bridgehead atoms. The van der Waals surface area contributed by atoms with Crippen LogP contribution >= 0.6 is 0 Å². The first kappa shape index (κ1) is 12.4. The van der Waals surface area contributed by atoms with Gasteiger partial charge in [0.05, 0.1) is 12.4 Å². The van der Waals surface area contributed by atoms with Crippen LogP contribution < -0.4 is 10.6 Å². The molecule has 1 heterocycles. The zero-order valence-electron chi connectivity index (χ0n) is 11.0. The molecule has 4 nitrogen and oxygen atoms in total. The molecule has 0 unspecified atom stereocenters. The summed E-state index contributed by atoms with van der Waals surface area (Å²) < 4.78 is 0. The minimum Gasteiger partial charge on any atom is -0.369 e. The molecule has 2 rings (SSSR count). The fourth-order valence-corrected chi connectivity index (χ4v) is 1.78. The third-order valence-electron chi connectivity index (χ3n) is 2.64. The van der Waals surface area contributed by atoms with Crippen LogP contribution in [0.2, 0.25) is 0 Å². The predicted octanol–water partition coefficient (Wildman–Crippen LogP) is 3.27. The number of benzene rings is 1. The second-order valence-electron chi connectivity index (χ2n) is 4.26. The van der Waals surface area contributed by atoms with Gasteiger partial charge in [0.2, 0.25) is 0 Å². The van der Waals surface area contributed by atoms with Gasteiger partial charge in [-0.25, -0.2) is 4.98 Å². The molecule has 0 fully saturated rings. The van der Waals surface area contributed by atoms with Crippen molar-refractivity contribution < 1.29 is 0 Å². The lowest BCUT2D eigenvalue weighted by Crippen LogP contribution is -2.03. The summed E-state index contributed by atoms with van der Waals surface area (Å²) in [6.07, 6.45) is 3.44. The normalized spacial score (nSPS) is 10.2. The van der Waals surface area contributed by atoms with Crippen molar-refractivity contribution in [2.24, 2.45) is 0 Å². The lowest BCUT2D eigenvalue weighted by atomic mass is 10.1. The number of rotatable bonds is 4. The van der Waals surface area contributed by atoms with Crippen molar-refractivity contribution in [3.8, 4) is 0 Å². The number of aryl methyl sites for hydroxylation is 2. The summed E-state index contributed by atoms with van der Waals surface area (Å²) in [6, 6.07) is 6.28. The number of aromatic nitrogens is 2. The van der Waals surface area contributed by atoms with Crippen molar-refractivity contribution in [3.63, 3.8) is 0 Å². The Hall–Kier alpha value is -2.10. The lowest BCUT2D eigenvalue weighted by Gasteiger charge is -2.10. The molecule has 0 saturated carbocycles. The van der Waals surface area contributed by atoms with Crippen LogP contribution in [0.25, 0.3) is 0 Å². The Bertz CT molecular complexity index is 537. The molecule has 94 valence electrons. The molecule has 1 aromatic carbocycles. The summed E-state index contributed by atoms with van der Waals surface area (Å²) in [7, 11) is 0. The van der Waals surface area contributed by atoms with Gasteiger partial charge in [0, 0.05) is 12.2 Å². The second-order valence-corrected chi connectivity index (χ2v) is 4.26. The predicted molar refractivity (Wildman–Crippen MR) is 75.4 cm³/mol. The molecular formula is C14H18N4. The summed E-state index contributed by atoms with van der Waals surface area (Å²) >= 11 is 0. The molecule has 0 atom stereocenters. The standard InChI is InChI=1S/C14H18N4/c1-4-16-13-8-15-9-14(18-13)17-12-6-5-10(2)7-11(12)3/h5-9H,4H2,1-3H3,(H2,16,17,18). The van der Waals surface area contributed by atoms with E-state index in [1.165, 1.54) is 11.1 Å². The molecule has 0 radical (unpaired) electrons. The monoisotopic (exact) mass is 242 g/mol. The molecule has 1 aromatic heterocycles. The summed E-state index contributed by atoms with van der Waals surface area (Å²) in [5.41, 5.74) is 3.51. The fourth-order valence-electron chi connectivity index (χ4n) is 1.78.